The molecule has 0 saturated heterocycles. The molecule has 0 radical (unpaired) electrons. The van der Waals surface area contributed by atoms with Gasteiger partial charge in [-0.1, -0.05) is 345 Å². The lowest BCUT2D eigenvalue weighted by Crippen LogP contribution is -2.28. The molecule has 5 heterocycles. The monoisotopic (exact) mass is 1620 g/mol. The molecule has 0 saturated carbocycles. The van der Waals surface area contributed by atoms with Crippen LogP contribution in [0.15, 0.2) is 140 Å². The van der Waals surface area contributed by atoms with E-state index in [0.29, 0.717) is 38.3 Å². The topological polar surface area (TPSA) is 152 Å². The molecule has 7 rings (SSSR count). The van der Waals surface area contributed by atoms with E-state index in [4.69, 9.17) is 0 Å². The standard InChI is InChI=1S/2C16H26N2O.C16H26.C15H24N2O.C15H25N.C15H24.C14H23N/c1-15(2,3)10-9-12-7-8-13(11-17-12)18-14(19)16(4,5)6;1-15(2,3)10-9-12-7-8-13(17-11-12)18-14(19)16(4,5)6;1-15(2,3)11-10-13-8-7-9-14(12-13)16(4,5)6;1-14(2,3)9-11-7-8-12(10-16-11)17-13(18)15(4,5)6;1-14(2,3)9-7-12-8-10-16-13(11-12)15(4,5)6;1-14(2,3)11-12-8-7-9-13(10-12)15(4,5)6;1-13(2,3)10-11-7-8-15-12(9-11)14(4,5)6/h7-8,11H,9-10H2,1-6H3,(H,18,19);7-8,11H,9-10H2,1-6H3,(H,17,18,19);7-9,12H,10-11H2,1-6H3;7-8,10H,9H2,1-6H3,(H,17,18);8,10-11H,7,9H2,1-6H3;7-10H,11H2,1-6H3;7-9H,10H2,1-6H3. The fourth-order valence-corrected chi connectivity index (χ4v) is 11.0. The van der Waals surface area contributed by atoms with Crippen LogP contribution in [0, 0.1) is 54.1 Å². The second-order valence-electron chi connectivity index (χ2n) is 48.7. The van der Waals surface area contributed by atoms with Crippen molar-refractivity contribution in [1.29, 1.82) is 0 Å². The first-order valence-electron chi connectivity index (χ1n) is 43.9. The van der Waals surface area contributed by atoms with Crippen molar-refractivity contribution < 1.29 is 14.4 Å². The summed E-state index contributed by atoms with van der Waals surface area (Å²) in [7, 11) is 0. The highest BCUT2D eigenvalue weighted by atomic mass is 16.2. The second-order valence-corrected chi connectivity index (χ2v) is 48.7. The van der Waals surface area contributed by atoms with Crippen LogP contribution < -0.4 is 16.0 Å². The van der Waals surface area contributed by atoms with Crippen molar-refractivity contribution in [2.24, 2.45) is 54.1 Å². The SMILES string of the molecule is CC(C)(C)CCc1ccc(NC(=O)C(C)(C)C)cn1.CC(C)(C)CCc1ccc(NC(=O)C(C)(C)C)nc1.CC(C)(C)CCc1cccc(C(C)(C)C)c1.CC(C)(C)CCc1ccnc(C(C)(C)C)c1.CC(C)(C)Cc1ccc(NC(=O)C(C)(C)C)cn1.CC(C)(C)Cc1cccc(C(C)(C)C)c1.CC(C)(C)Cc1ccnc(C(C)(C)C)c1. The maximum Gasteiger partial charge on any atom is 0.230 e. The van der Waals surface area contributed by atoms with Crippen molar-refractivity contribution in [3.8, 4) is 0 Å². The number of nitrogens with one attached hydrogen (secondary N) is 3. The molecule has 0 aliphatic heterocycles. The maximum absolute atomic E-state index is 11.8. The molecule has 0 atom stereocenters. The first kappa shape index (κ1) is 109. The first-order chi connectivity index (χ1) is 53.0. The van der Waals surface area contributed by atoms with Gasteiger partial charge < -0.3 is 16.0 Å². The van der Waals surface area contributed by atoms with Crippen LogP contribution >= 0.6 is 0 Å². The lowest BCUT2D eigenvalue weighted by Gasteiger charge is -2.22. The van der Waals surface area contributed by atoms with E-state index in [1.807, 2.05) is 117 Å². The molecule has 11 heteroatoms. The number of hydrogen-bond donors (Lipinski definition) is 3. The molecule has 0 bridgehead atoms. The van der Waals surface area contributed by atoms with E-state index in [2.05, 4.69) is 342 Å². The number of nitrogens with zero attached hydrogens (tertiary/aromatic N) is 5. The summed E-state index contributed by atoms with van der Waals surface area (Å²) in [5.74, 6) is 0.631. The molecular weight excluding hydrogens is 1450 g/mol. The summed E-state index contributed by atoms with van der Waals surface area (Å²) < 4.78 is 0. The molecule has 11 nitrogen and oxygen atoms in total. The molecule has 0 fully saturated rings. The van der Waals surface area contributed by atoms with Gasteiger partial charge in [0, 0.05) is 68.4 Å². The van der Waals surface area contributed by atoms with E-state index < -0.39 is 5.41 Å². The van der Waals surface area contributed by atoms with Gasteiger partial charge in [0.15, 0.2) is 0 Å². The maximum atomic E-state index is 11.8. The normalized spacial score (nSPS) is 12.6. The highest BCUT2D eigenvalue weighted by Crippen LogP contribution is 2.32. The Hall–Kier alpha value is -7.40. The lowest BCUT2D eigenvalue weighted by molar-refractivity contribution is -0.123. The van der Waals surface area contributed by atoms with Crippen LogP contribution in [0.5, 0.6) is 0 Å². The summed E-state index contributed by atoms with van der Waals surface area (Å²) >= 11 is 0. The predicted octanol–water partition coefficient (Wildman–Crippen LogP) is 29.6. The van der Waals surface area contributed by atoms with Crippen LogP contribution in [0.2, 0.25) is 0 Å². The summed E-state index contributed by atoms with van der Waals surface area (Å²) in [5.41, 5.74) is 17.9. The summed E-state index contributed by atoms with van der Waals surface area (Å²) in [6.45, 7) is 91.3. The number of carbonyl (C=O) groups excluding carboxylic acids is 3. The number of rotatable bonds is 14. The highest BCUT2D eigenvalue weighted by Gasteiger charge is 2.26. The number of amides is 3. The summed E-state index contributed by atoms with van der Waals surface area (Å²) in [6.07, 6.45) is 21.4. The van der Waals surface area contributed by atoms with Gasteiger partial charge in [0.2, 0.25) is 17.7 Å². The molecule has 0 spiro atoms. The number of anilines is 3. The van der Waals surface area contributed by atoms with Gasteiger partial charge in [0.1, 0.15) is 5.82 Å². The Morgan fingerprint density at radius 3 is 0.915 bits per heavy atom. The minimum atomic E-state index is -0.396. The van der Waals surface area contributed by atoms with Gasteiger partial charge in [-0.05, 0) is 213 Å². The molecule has 2 aromatic carbocycles. The van der Waals surface area contributed by atoms with Gasteiger partial charge in [-0.2, -0.15) is 0 Å². The fraction of sp³-hybridized carbons (Fsp3) is 0.626. The summed E-state index contributed by atoms with van der Waals surface area (Å²) in [6, 6.07) is 38.5. The molecule has 0 unspecified atom stereocenters. The Kier molecular flexibility index (Phi) is 41.4. The summed E-state index contributed by atoms with van der Waals surface area (Å²) in [4.78, 5) is 57.5. The molecule has 660 valence electrons. The molecule has 5 aromatic heterocycles. The lowest BCUT2D eigenvalue weighted by atomic mass is 9.83. The number of aromatic nitrogens is 5. The average molecular weight is 1620 g/mol. The number of pyridine rings is 5. The van der Waals surface area contributed by atoms with Gasteiger partial charge >= 0.3 is 0 Å². The van der Waals surface area contributed by atoms with Crippen molar-refractivity contribution in [3.63, 3.8) is 0 Å². The predicted molar refractivity (Wildman–Crippen MR) is 514 cm³/mol. The zero-order valence-electron chi connectivity index (χ0n) is 83.5. The van der Waals surface area contributed by atoms with Crippen molar-refractivity contribution in [2.45, 2.75) is 383 Å². The summed E-state index contributed by atoms with van der Waals surface area (Å²) in [5, 5.41) is 8.58. The molecule has 7 aromatic rings. The number of carbonyl (C=O) groups is 3. The van der Waals surface area contributed by atoms with Gasteiger partial charge in [-0.3, -0.25) is 34.3 Å². The van der Waals surface area contributed by atoms with Gasteiger partial charge in [-0.25, -0.2) is 4.98 Å². The Balaban J connectivity index is 0.000000690. The van der Waals surface area contributed by atoms with Crippen molar-refractivity contribution >= 4 is 34.9 Å². The fourth-order valence-electron chi connectivity index (χ4n) is 11.0. The van der Waals surface area contributed by atoms with E-state index in [0.717, 1.165) is 74.1 Å². The molecule has 3 amide bonds. The number of benzene rings is 2. The van der Waals surface area contributed by atoms with E-state index >= 15 is 0 Å². The van der Waals surface area contributed by atoms with Crippen molar-refractivity contribution in [3.05, 3.63) is 202 Å². The van der Waals surface area contributed by atoms with E-state index in [1.165, 1.54) is 69.6 Å². The zero-order chi connectivity index (χ0) is 91.5. The van der Waals surface area contributed by atoms with Crippen molar-refractivity contribution in [1.82, 2.24) is 24.9 Å². The van der Waals surface area contributed by atoms with Gasteiger partial charge in [-0.15, -0.1) is 0 Å². The smallest absolute Gasteiger partial charge is 0.230 e. The largest absolute Gasteiger partial charge is 0.324 e. The Labute approximate surface area is 725 Å². The Bertz CT molecular complexity index is 3850. The molecular formula is C107H174N8O3. The van der Waals surface area contributed by atoms with Crippen LogP contribution in [-0.2, 0) is 81.0 Å². The quantitative estimate of drug-likeness (QED) is 0.0973. The minimum Gasteiger partial charge on any atom is -0.324 e. The van der Waals surface area contributed by atoms with E-state index in [9.17, 15) is 14.4 Å². The van der Waals surface area contributed by atoms with Crippen LogP contribution in [0.25, 0.3) is 0 Å². The highest BCUT2D eigenvalue weighted by molar-refractivity contribution is 5.95. The molecule has 118 heavy (non-hydrogen) atoms. The van der Waals surface area contributed by atoms with E-state index in [-0.39, 0.29) is 55.6 Å². The zero-order valence-corrected chi connectivity index (χ0v) is 83.5. The molecule has 3 N–H and O–H groups in total. The molecule has 0 aliphatic rings. The van der Waals surface area contributed by atoms with Gasteiger partial charge in [0.25, 0.3) is 0 Å². The average Bonchev–Trinajstić information content (AvgIpc) is 0.822. The van der Waals surface area contributed by atoms with Crippen molar-refractivity contribution in [2.75, 3.05) is 16.0 Å². The Morgan fingerprint density at radius 2 is 0.585 bits per heavy atom. The third kappa shape index (κ3) is 51.9. The Morgan fingerprint density at radius 1 is 0.263 bits per heavy atom. The number of hydrogen-bond acceptors (Lipinski definition) is 8. The minimum absolute atomic E-state index is 0.00729. The number of aryl methyl sites for hydroxylation is 4. The third-order valence-corrected chi connectivity index (χ3v) is 18.8. The van der Waals surface area contributed by atoms with E-state index in [1.54, 1.807) is 12.4 Å². The van der Waals surface area contributed by atoms with Gasteiger partial charge in [0.05, 0.1) is 23.8 Å². The molecule has 0 aliphatic carbocycles. The van der Waals surface area contributed by atoms with Crippen LogP contribution in [0.4, 0.5) is 17.2 Å². The first-order valence-corrected chi connectivity index (χ1v) is 43.9. The van der Waals surface area contributed by atoms with Crippen LogP contribution in [0.3, 0.4) is 0 Å². The second kappa shape index (κ2) is 44.9. The van der Waals surface area contributed by atoms with Crippen LogP contribution in [0.1, 0.15) is 378 Å². The third-order valence-electron chi connectivity index (χ3n) is 18.8. The van der Waals surface area contributed by atoms with Crippen LogP contribution in [-0.4, -0.2) is 42.6 Å².